The van der Waals surface area contributed by atoms with Gasteiger partial charge in [0.1, 0.15) is 5.69 Å². The van der Waals surface area contributed by atoms with Crippen molar-refractivity contribution in [3.63, 3.8) is 0 Å². The zero-order valence-electron chi connectivity index (χ0n) is 16.6. The van der Waals surface area contributed by atoms with E-state index in [4.69, 9.17) is 0 Å². The second-order valence-corrected chi connectivity index (χ2v) is 7.25. The number of nitro benzene ring substituents is 1. The van der Waals surface area contributed by atoms with E-state index in [-0.39, 0.29) is 29.6 Å². The van der Waals surface area contributed by atoms with Crippen molar-refractivity contribution in [2.45, 2.75) is 25.2 Å². The highest BCUT2D eigenvalue weighted by Gasteiger charge is 2.17. The second kappa shape index (κ2) is 10.3. The number of amides is 2. The van der Waals surface area contributed by atoms with Crippen molar-refractivity contribution in [2.75, 3.05) is 11.1 Å². The lowest BCUT2D eigenvalue weighted by Crippen LogP contribution is -2.24. The normalized spacial score (nSPS) is 10.5. The Kier molecular flexibility index (Phi) is 7.33. The van der Waals surface area contributed by atoms with Gasteiger partial charge in [-0.3, -0.25) is 19.7 Å². The summed E-state index contributed by atoms with van der Waals surface area (Å²) in [7, 11) is 0. The van der Waals surface area contributed by atoms with E-state index >= 15 is 0 Å². The van der Waals surface area contributed by atoms with Crippen LogP contribution in [-0.4, -0.2) is 37.3 Å². The molecular weight excluding hydrogens is 420 g/mol. The van der Waals surface area contributed by atoms with Crippen LogP contribution in [0, 0.1) is 10.1 Å². The van der Waals surface area contributed by atoms with Gasteiger partial charge in [-0.15, -0.1) is 10.2 Å². The maximum absolute atomic E-state index is 12.3. The van der Waals surface area contributed by atoms with Gasteiger partial charge in [-0.05, 0) is 25.1 Å². The van der Waals surface area contributed by atoms with Crippen molar-refractivity contribution in [3.8, 4) is 0 Å². The van der Waals surface area contributed by atoms with Gasteiger partial charge in [0.05, 0.1) is 17.2 Å². The third-order valence-electron chi connectivity index (χ3n) is 4.26. The van der Waals surface area contributed by atoms with Gasteiger partial charge in [0.2, 0.25) is 5.91 Å². The fourth-order valence-electron chi connectivity index (χ4n) is 2.78. The van der Waals surface area contributed by atoms with Crippen LogP contribution in [0.2, 0.25) is 0 Å². The summed E-state index contributed by atoms with van der Waals surface area (Å²) in [6.07, 6.45) is 0. The Labute approximate surface area is 182 Å². The molecule has 3 aromatic rings. The van der Waals surface area contributed by atoms with Crippen LogP contribution >= 0.6 is 11.8 Å². The van der Waals surface area contributed by atoms with Crippen molar-refractivity contribution >= 4 is 35.0 Å². The number of thioether (sulfide) groups is 1. The van der Waals surface area contributed by atoms with Gasteiger partial charge in [-0.25, -0.2) is 0 Å². The van der Waals surface area contributed by atoms with E-state index in [1.165, 1.54) is 18.2 Å². The van der Waals surface area contributed by atoms with Crippen molar-refractivity contribution in [1.82, 2.24) is 20.1 Å². The molecule has 3 rings (SSSR count). The number of para-hydroxylation sites is 2. The number of nitrogens with one attached hydrogen (secondary N) is 2. The lowest BCUT2D eigenvalue weighted by atomic mass is 10.2. The number of rotatable bonds is 9. The average Bonchev–Trinajstić information content (AvgIpc) is 3.18. The molecule has 0 aliphatic carbocycles. The molecule has 0 saturated carbocycles. The molecule has 0 radical (unpaired) electrons. The zero-order chi connectivity index (χ0) is 22.2. The number of anilines is 1. The van der Waals surface area contributed by atoms with E-state index in [1.54, 1.807) is 34.9 Å². The molecule has 0 bridgehead atoms. The molecule has 1 heterocycles. The zero-order valence-corrected chi connectivity index (χ0v) is 17.5. The van der Waals surface area contributed by atoms with Crippen LogP contribution in [0.4, 0.5) is 11.4 Å². The first-order chi connectivity index (χ1) is 15.0. The van der Waals surface area contributed by atoms with Crippen LogP contribution in [0.1, 0.15) is 23.1 Å². The molecule has 0 spiro atoms. The van der Waals surface area contributed by atoms with E-state index in [9.17, 15) is 19.7 Å². The topological polar surface area (TPSA) is 132 Å². The highest BCUT2D eigenvalue weighted by molar-refractivity contribution is 7.99. The van der Waals surface area contributed by atoms with Crippen LogP contribution < -0.4 is 10.6 Å². The van der Waals surface area contributed by atoms with Crippen molar-refractivity contribution in [1.29, 1.82) is 0 Å². The molecule has 160 valence electrons. The first kappa shape index (κ1) is 22.0. The predicted molar refractivity (Wildman–Crippen MR) is 116 cm³/mol. The first-order valence-electron chi connectivity index (χ1n) is 9.41. The smallest absolute Gasteiger partial charge is 0.292 e. The highest BCUT2D eigenvalue weighted by Crippen LogP contribution is 2.24. The Hall–Kier alpha value is -3.73. The van der Waals surface area contributed by atoms with Crippen molar-refractivity contribution in [3.05, 3.63) is 76.1 Å². The van der Waals surface area contributed by atoms with E-state index in [0.29, 0.717) is 23.1 Å². The molecule has 0 saturated heterocycles. The molecule has 11 heteroatoms. The molecular formula is C20H20N6O4S. The van der Waals surface area contributed by atoms with Crippen LogP contribution in [0.25, 0.3) is 0 Å². The number of nitrogens with zero attached hydrogens (tertiary/aromatic N) is 4. The summed E-state index contributed by atoms with van der Waals surface area (Å²) in [5.74, 6) is -0.0536. The lowest BCUT2D eigenvalue weighted by molar-refractivity contribution is -0.383. The maximum atomic E-state index is 12.3. The molecule has 2 N–H and O–H groups in total. The van der Waals surface area contributed by atoms with Gasteiger partial charge in [0.25, 0.3) is 11.6 Å². The Bertz CT molecular complexity index is 1090. The summed E-state index contributed by atoms with van der Waals surface area (Å²) in [6.45, 7) is 2.65. The number of carbonyl (C=O) groups excluding carboxylic acids is 2. The van der Waals surface area contributed by atoms with Gasteiger partial charge >= 0.3 is 0 Å². The van der Waals surface area contributed by atoms with Crippen LogP contribution in [-0.2, 0) is 17.9 Å². The van der Waals surface area contributed by atoms with E-state index < -0.39 is 10.8 Å². The molecule has 1 aromatic heterocycles. The molecule has 2 aromatic carbocycles. The Balaban J connectivity index is 1.59. The van der Waals surface area contributed by atoms with Gasteiger partial charge in [-0.2, -0.15) is 0 Å². The van der Waals surface area contributed by atoms with Gasteiger partial charge in [-0.1, -0.05) is 42.1 Å². The summed E-state index contributed by atoms with van der Waals surface area (Å²) in [4.78, 5) is 35.0. The minimum atomic E-state index is -0.549. The summed E-state index contributed by atoms with van der Waals surface area (Å²) >= 11 is 1.16. The molecule has 31 heavy (non-hydrogen) atoms. The summed E-state index contributed by atoms with van der Waals surface area (Å²) in [5.41, 5.74) is 0.514. The van der Waals surface area contributed by atoms with E-state index in [2.05, 4.69) is 20.8 Å². The number of hydrogen-bond donors (Lipinski definition) is 2. The summed E-state index contributed by atoms with van der Waals surface area (Å²) in [6, 6.07) is 14.8. The van der Waals surface area contributed by atoms with Gasteiger partial charge in [0, 0.05) is 18.2 Å². The number of hydrogen-bond acceptors (Lipinski definition) is 7. The monoisotopic (exact) mass is 440 g/mol. The molecule has 10 nitrogen and oxygen atoms in total. The Morgan fingerprint density at radius 1 is 1.10 bits per heavy atom. The average molecular weight is 440 g/mol. The van der Waals surface area contributed by atoms with E-state index in [1.807, 2.05) is 13.0 Å². The first-order valence-corrected chi connectivity index (χ1v) is 10.4. The molecule has 0 aliphatic rings. The van der Waals surface area contributed by atoms with Gasteiger partial charge in [0.15, 0.2) is 11.0 Å². The number of carbonyl (C=O) groups is 2. The minimum Gasteiger partial charge on any atom is -0.345 e. The molecule has 2 amide bonds. The minimum absolute atomic E-state index is 0.000552. The SMILES string of the molecule is CCn1c(CNC(=O)c2ccccc2)nnc1SCC(=O)Nc1ccccc1[N+](=O)[O-]. The highest BCUT2D eigenvalue weighted by atomic mass is 32.2. The summed E-state index contributed by atoms with van der Waals surface area (Å²) in [5, 5.41) is 25.1. The Morgan fingerprint density at radius 3 is 2.52 bits per heavy atom. The summed E-state index contributed by atoms with van der Waals surface area (Å²) < 4.78 is 1.80. The number of nitro groups is 1. The van der Waals surface area contributed by atoms with Gasteiger partial charge < -0.3 is 15.2 Å². The fourth-order valence-corrected chi connectivity index (χ4v) is 3.60. The second-order valence-electron chi connectivity index (χ2n) is 6.30. The molecule has 0 atom stereocenters. The standard InChI is InChI=1S/C20H20N6O4S/c1-2-25-17(12-21-19(28)14-8-4-3-5-9-14)23-24-20(25)31-13-18(27)22-15-10-6-7-11-16(15)26(29)30/h3-11H,2,12-13H2,1H3,(H,21,28)(H,22,27). The van der Waals surface area contributed by atoms with Crippen LogP contribution in [0.3, 0.4) is 0 Å². The lowest BCUT2D eigenvalue weighted by Gasteiger charge is -2.09. The fraction of sp³-hybridized carbons (Fsp3) is 0.200. The molecule has 0 aliphatic heterocycles. The number of benzene rings is 2. The van der Waals surface area contributed by atoms with E-state index in [0.717, 1.165) is 11.8 Å². The predicted octanol–water partition coefficient (Wildman–Crippen LogP) is 2.87. The third-order valence-corrected chi connectivity index (χ3v) is 5.23. The molecule has 0 unspecified atom stereocenters. The van der Waals surface area contributed by atoms with Crippen molar-refractivity contribution < 1.29 is 14.5 Å². The van der Waals surface area contributed by atoms with Crippen LogP contribution in [0.5, 0.6) is 0 Å². The van der Waals surface area contributed by atoms with Crippen LogP contribution in [0.15, 0.2) is 59.8 Å². The molecule has 0 fully saturated rings. The third kappa shape index (κ3) is 5.66. The van der Waals surface area contributed by atoms with Crippen molar-refractivity contribution in [2.24, 2.45) is 0 Å². The maximum Gasteiger partial charge on any atom is 0.292 e. The number of aromatic nitrogens is 3. The largest absolute Gasteiger partial charge is 0.345 e. The quantitative estimate of drug-likeness (QED) is 0.297. The Morgan fingerprint density at radius 2 is 1.81 bits per heavy atom.